The number of anilines is 1. The molecule has 1 aromatic heterocycles. The Kier molecular flexibility index (Phi) is 5.05. The molecular weight excluding hydrogens is 329 g/mol. The standard InChI is InChI=1S/C14H13Cl2N3O3/c1-7-8(13(21)19-14(22)17-7)5-6-11(20)18-10-4-2-3-9(15)12(10)16/h2-4H,5-6H2,1H3,(H,18,20)(H2,17,19,21,22). The fraction of sp³-hybridized carbons (Fsp3) is 0.214. The van der Waals surface area contributed by atoms with Crippen molar-refractivity contribution in [3.05, 3.63) is 60.3 Å². The highest BCUT2D eigenvalue weighted by atomic mass is 35.5. The number of H-pyrrole nitrogens is 2. The number of aromatic amines is 2. The Morgan fingerprint density at radius 2 is 1.95 bits per heavy atom. The average molecular weight is 342 g/mol. The summed E-state index contributed by atoms with van der Waals surface area (Å²) in [6, 6.07) is 4.91. The lowest BCUT2D eigenvalue weighted by molar-refractivity contribution is -0.116. The number of aryl methyl sites for hydroxylation is 1. The zero-order valence-electron chi connectivity index (χ0n) is 11.6. The number of halogens is 2. The molecule has 0 aliphatic heterocycles. The molecule has 0 bridgehead atoms. The topological polar surface area (TPSA) is 94.8 Å². The Morgan fingerprint density at radius 3 is 2.64 bits per heavy atom. The Hall–Kier alpha value is -2.05. The summed E-state index contributed by atoms with van der Waals surface area (Å²) in [6.45, 7) is 1.61. The van der Waals surface area contributed by atoms with Crippen LogP contribution in [-0.2, 0) is 11.2 Å². The minimum Gasteiger partial charge on any atom is -0.325 e. The van der Waals surface area contributed by atoms with Crippen LogP contribution in [0.15, 0.2) is 27.8 Å². The number of carbonyl (C=O) groups is 1. The van der Waals surface area contributed by atoms with E-state index in [9.17, 15) is 14.4 Å². The Bertz CT molecular complexity index is 827. The summed E-state index contributed by atoms with van der Waals surface area (Å²) < 4.78 is 0. The molecule has 6 nitrogen and oxygen atoms in total. The van der Waals surface area contributed by atoms with Crippen LogP contribution in [0.1, 0.15) is 17.7 Å². The monoisotopic (exact) mass is 341 g/mol. The second kappa shape index (κ2) is 6.81. The van der Waals surface area contributed by atoms with Crippen molar-refractivity contribution in [1.82, 2.24) is 9.97 Å². The van der Waals surface area contributed by atoms with Gasteiger partial charge in [-0.15, -0.1) is 0 Å². The highest BCUT2D eigenvalue weighted by Crippen LogP contribution is 2.29. The molecule has 0 unspecified atom stereocenters. The smallest absolute Gasteiger partial charge is 0.325 e. The van der Waals surface area contributed by atoms with Gasteiger partial charge >= 0.3 is 5.69 Å². The maximum Gasteiger partial charge on any atom is 0.325 e. The third kappa shape index (κ3) is 3.78. The summed E-state index contributed by atoms with van der Waals surface area (Å²) in [7, 11) is 0. The van der Waals surface area contributed by atoms with Gasteiger partial charge in [0.05, 0.1) is 15.7 Å². The van der Waals surface area contributed by atoms with Crippen molar-refractivity contribution >= 4 is 34.8 Å². The van der Waals surface area contributed by atoms with Crippen molar-refractivity contribution in [2.24, 2.45) is 0 Å². The molecule has 2 rings (SSSR count). The maximum absolute atomic E-state index is 11.9. The van der Waals surface area contributed by atoms with E-state index in [2.05, 4.69) is 15.3 Å². The van der Waals surface area contributed by atoms with Crippen LogP contribution in [0.4, 0.5) is 5.69 Å². The Morgan fingerprint density at radius 1 is 1.23 bits per heavy atom. The Labute approximate surface area is 135 Å². The van der Waals surface area contributed by atoms with Gasteiger partial charge in [-0.25, -0.2) is 4.79 Å². The lowest BCUT2D eigenvalue weighted by atomic mass is 10.1. The van der Waals surface area contributed by atoms with E-state index in [0.717, 1.165) is 0 Å². The van der Waals surface area contributed by atoms with Crippen molar-refractivity contribution in [3.63, 3.8) is 0 Å². The molecular formula is C14H13Cl2N3O3. The minimum atomic E-state index is -0.568. The van der Waals surface area contributed by atoms with Gasteiger partial charge in [0.2, 0.25) is 5.91 Å². The fourth-order valence-corrected chi connectivity index (χ4v) is 2.33. The quantitative estimate of drug-likeness (QED) is 0.795. The first-order valence-electron chi connectivity index (χ1n) is 6.44. The van der Waals surface area contributed by atoms with Gasteiger partial charge in [-0.2, -0.15) is 0 Å². The number of benzene rings is 1. The number of rotatable bonds is 4. The van der Waals surface area contributed by atoms with Gasteiger partial charge in [-0.1, -0.05) is 29.3 Å². The number of aromatic nitrogens is 2. The second-order valence-electron chi connectivity index (χ2n) is 4.66. The van der Waals surface area contributed by atoms with E-state index in [0.29, 0.717) is 22.0 Å². The molecule has 0 saturated carbocycles. The van der Waals surface area contributed by atoms with Crippen LogP contribution < -0.4 is 16.6 Å². The Balaban J connectivity index is 2.07. The molecule has 1 aromatic carbocycles. The van der Waals surface area contributed by atoms with Crippen LogP contribution in [0.25, 0.3) is 0 Å². The third-order valence-corrected chi connectivity index (χ3v) is 3.90. The van der Waals surface area contributed by atoms with Gasteiger partial charge in [0.1, 0.15) is 0 Å². The number of hydrogen-bond donors (Lipinski definition) is 3. The van der Waals surface area contributed by atoms with Crippen LogP contribution in [-0.4, -0.2) is 15.9 Å². The molecule has 1 amide bonds. The summed E-state index contributed by atoms with van der Waals surface area (Å²) in [5.74, 6) is -0.311. The van der Waals surface area contributed by atoms with Crippen molar-refractivity contribution in [2.75, 3.05) is 5.32 Å². The molecule has 0 fully saturated rings. The van der Waals surface area contributed by atoms with Crippen LogP contribution >= 0.6 is 23.2 Å². The van der Waals surface area contributed by atoms with E-state index in [4.69, 9.17) is 23.2 Å². The van der Waals surface area contributed by atoms with Crippen LogP contribution in [0, 0.1) is 6.92 Å². The summed E-state index contributed by atoms with van der Waals surface area (Å²) in [6.07, 6.45) is 0.265. The van der Waals surface area contributed by atoms with Gasteiger partial charge < -0.3 is 10.3 Å². The molecule has 116 valence electrons. The van der Waals surface area contributed by atoms with Crippen LogP contribution in [0.2, 0.25) is 10.0 Å². The third-order valence-electron chi connectivity index (χ3n) is 3.08. The maximum atomic E-state index is 11.9. The SMILES string of the molecule is Cc1[nH]c(=O)[nH]c(=O)c1CCC(=O)Nc1cccc(Cl)c1Cl. The predicted octanol–water partition coefficient (Wildman–Crippen LogP) is 2.25. The average Bonchev–Trinajstić information content (AvgIpc) is 2.42. The molecule has 2 aromatic rings. The molecule has 3 N–H and O–H groups in total. The molecule has 1 heterocycles. The first-order valence-corrected chi connectivity index (χ1v) is 7.20. The molecule has 0 radical (unpaired) electrons. The van der Waals surface area contributed by atoms with Gasteiger partial charge in [0.15, 0.2) is 0 Å². The first kappa shape index (κ1) is 16.3. The van der Waals surface area contributed by atoms with Gasteiger partial charge in [-0.3, -0.25) is 14.6 Å². The summed E-state index contributed by atoms with van der Waals surface area (Å²) >= 11 is 11.8. The fourth-order valence-electron chi connectivity index (χ4n) is 1.98. The molecule has 0 aliphatic rings. The minimum absolute atomic E-state index is 0.0683. The zero-order chi connectivity index (χ0) is 16.3. The van der Waals surface area contributed by atoms with Crippen molar-refractivity contribution in [3.8, 4) is 0 Å². The summed E-state index contributed by atoms with van der Waals surface area (Å²) in [5, 5.41) is 3.23. The number of amides is 1. The van der Waals surface area contributed by atoms with Gasteiger partial charge in [-0.05, 0) is 25.5 Å². The number of nitrogens with one attached hydrogen (secondary N) is 3. The van der Waals surface area contributed by atoms with E-state index < -0.39 is 11.2 Å². The van der Waals surface area contributed by atoms with E-state index in [1.54, 1.807) is 25.1 Å². The molecule has 0 aliphatic carbocycles. The summed E-state index contributed by atoms with van der Waals surface area (Å²) in [4.78, 5) is 39.3. The van der Waals surface area contributed by atoms with E-state index in [1.165, 1.54) is 0 Å². The lowest BCUT2D eigenvalue weighted by Gasteiger charge is -2.08. The van der Waals surface area contributed by atoms with Crippen LogP contribution in [0.3, 0.4) is 0 Å². The highest BCUT2D eigenvalue weighted by molar-refractivity contribution is 6.43. The highest BCUT2D eigenvalue weighted by Gasteiger charge is 2.11. The lowest BCUT2D eigenvalue weighted by Crippen LogP contribution is -2.27. The molecule has 8 heteroatoms. The van der Waals surface area contributed by atoms with Gasteiger partial charge in [0.25, 0.3) is 5.56 Å². The second-order valence-corrected chi connectivity index (χ2v) is 5.45. The van der Waals surface area contributed by atoms with Crippen molar-refractivity contribution in [1.29, 1.82) is 0 Å². The first-order chi connectivity index (χ1) is 10.4. The largest absolute Gasteiger partial charge is 0.325 e. The normalized spacial score (nSPS) is 10.5. The van der Waals surface area contributed by atoms with Crippen molar-refractivity contribution < 1.29 is 4.79 Å². The molecule has 0 spiro atoms. The van der Waals surface area contributed by atoms with Crippen LogP contribution in [0.5, 0.6) is 0 Å². The van der Waals surface area contributed by atoms with Gasteiger partial charge in [0, 0.05) is 17.7 Å². The molecule has 0 atom stereocenters. The summed E-state index contributed by atoms with van der Waals surface area (Å²) in [5.41, 5.74) is 0.164. The number of hydrogen-bond acceptors (Lipinski definition) is 3. The predicted molar refractivity (Wildman–Crippen MR) is 85.8 cm³/mol. The zero-order valence-corrected chi connectivity index (χ0v) is 13.1. The molecule has 0 saturated heterocycles. The number of carbonyl (C=O) groups excluding carboxylic acids is 1. The van der Waals surface area contributed by atoms with Crippen molar-refractivity contribution in [2.45, 2.75) is 19.8 Å². The van der Waals surface area contributed by atoms with E-state index >= 15 is 0 Å². The van der Waals surface area contributed by atoms with E-state index in [-0.39, 0.29) is 23.8 Å². The van der Waals surface area contributed by atoms with E-state index in [1.807, 2.05) is 0 Å². The molecule has 22 heavy (non-hydrogen) atoms.